The van der Waals surface area contributed by atoms with Crippen molar-refractivity contribution in [3.8, 4) is 0 Å². The van der Waals surface area contributed by atoms with Gasteiger partial charge in [0.2, 0.25) is 0 Å². The Morgan fingerprint density at radius 2 is 1.69 bits per heavy atom. The van der Waals surface area contributed by atoms with E-state index >= 15 is 0 Å². The summed E-state index contributed by atoms with van der Waals surface area (Å²) in [4.78, 5) is 4.05. The molecule has 2 rings (SSSR count). The van der Waals surface area contributed by atoms with Crippen LogP contribution in [0, 0.1) is 0 Å². The lowest BCUT2D eigenvalue weighted by Crippen LogP contribution is -2.02. The first-order valence-electron chi connectivity index (χ1n) is 4.31. The van der Waals surface area contributed by atoms with Gasteiger partial charge in [-0.1, -0.05) is 46.4 Å². The summed E-state index contributed by atoms with van der Waals surface area (Å²) >= 11 is 23.9. The number of benzene rings is 1. The zero-order valence-electron chi connectivity index (χ0n) is 8.01. The minimum absolute atomic E-state index is 0.156. The Morgan fingerprint density at radius 3 is 2.25 bits per heavy atom. The molecule has 0 aliphatic rings. The molecule has 0 aliphatic heterocycles. The van der Waals surface area contributed by atoms with Crippen molar-refractivity contribution in [3.63, 3.8) is 0 Å². The molecule has 1 atom stereocenters. The van der Waals surface area contributed by atoms with Gasteiger partial charge in [-0.25, -0.2) is 4.98 Å². The maximum Gasteiger partial charge on any atom is 0.129 e. The van der Waals surface area contributed by atoms with E-state index < -0.39 is 6.23 Å². The number of aromatic nitrogens is 2. The summed E-state index contributed by atoms with van der Waals surface area (Å²) in [5.74, 6) is 0. The first kappa shape index (κ1) is 12.3. The predicted octanol–water partition coefficient (Wildman–Crippen LogP) is 4.16. The number of halogens is 4. The SMILES string of the molecule is CC(O)n1cnc2c(Cl)c(Cl)c(Cl)c(Cl)c21. The first-order chi connectivity index (χ1) is 7.45. The number of rotatable bonds is 1. The van der Waals surface area contributed by atoms with Crippen molar-refractivity contribution < 1.29 is 5.11 Å². The fraction of sp³-hybridized carbons (Fsp3) is 0.222. The van der Waals surface area contributed by atoms with Crippen LogP contribution in [-0.2, 0) is 0 Å². The van der Waals surface area contributed by atoms with Gasteiger partial charge in [0.05, 0.1) is 31.9 Å². The Labute approximate surface area is 111 Å². The van der Waals surface area contributed by atoms with Crippen molar-refractivity contribution in [1.29, 1.82) is 0 Å². The summed E-state index contributed by atoms with van der Waals surface area (Å²) in [6.07, 6.45) is 0.649. The second-order valence-electron chi connectivity index (χ2n) is 3.24. The normalized spacial score (nSPS) is 13.4. The Hall–Kier alpha value is -0.190. The van der Waals surface area contributed by atoms with Gasteiger partial charge in [0.15, 0.2) is 0 Å². The Balaban J connectivity index is 2.94. The van der Waals surface area contributed by atoms with Gasteiger partial charge in [-0.05, 0) is 6.92 Å². The third-order valence-corrected chi connectivity index (χ3v) is 3.97. The van der Waals surface area contributed by atoms with Gasteiger partial charge in [-0.15, -0.1) is 0 Å². The highest BCUT2D eigenvalue weighted by Crippen LogP contribution is 2.42. The van der Waals surface area contributed by atoms with Crippen molar-refractivity contribution in [1.82, 2.24) is 9.55 Å². The molecule has 0 amide bonds. The number of hydrogen-bond donors (Lipinski definition) is 1. The molecule has 1 heterocycles. The summed E-state index contributed by atoms with van der Waals surface area (Å²) in [6, 6.07) is 0. The summed E-state index contributed by atoms with van der Waals surface area (Å²) in [5, 5.41) is 10.3. The fourth-order valence-electron chi connectivity index (χ4n) is 1.42. The predicted molar refractivity (Wildman–Crippen MR) is 66.7 cm³/mol. The van der Waals surface area contributed by atoms with E-state index in [-0.39, 0.29) is 20.1 Å². The third-order valence-electron chi connectivity index (χ3n) is 2.19. The lowest BCUT2D eigenvalue weighted by atomic mass is 10.3. The monoisotopic (exact) mass is 298 g/mol. The van der Waals surface area contributed by atoms with E-state index in [1.807, 2.05) is 0 Å². The minimum atomic E-state index is -0.782. The van der Waals surface area contributed by atoms with E-state index in [4.69, 9.17) is 46.4 Å². The van der Waals surface area contributed by atoms with E-state index in [1.54, 1.807) is 6.92 Å². The van der Waals surface area contributed by atoms with Crippen LogP contribution in [0.3, 0.4) is 0 Å². The van der Waals surface area contributed by atoms with E-state index in [0.29, 0.717) is 11.0 Å². The Kier molecular flexibility index (Phi) is 3.25. The molecule has 1 aromatic carbocycles. The first-order valence-corrected chi connectivity index (χ1v) is 5.83. The standard InChI is InChI=1S/C9H6Cl4N2O/c1-3(16)15-2-14-8-6(12)4(10)5(11)7(13)9(8)15/h2-3,16H,1H3. The molecule has 0 spiro atoms. The fourth-order valence-corrected chi connectivity index (χ4v) is 2.40. The van der Waals surface area contributed by atoms with Gasteiger partial charge in [-0.2, -0.15) is 0 Å². The van der Waals surface area contributed by atoms with Crippen molar-refractivity contribution >= 4 is 57.4 Å². The van der Waals surface area contributed by atoms with Gasteiger partial charge >= 0.3 is 0 Å². The molecule has 1 N–H and O–H groups in total. The maximum absolute atomic E-state index is 9.53. The molecule has 1 aromatic heterocycles. The summed E-state index contributed by atoms with van der Waals surface area (Å²) in [7, 11) is 0. The molecule has 0 bridgehead atoms. The van der Waals surface area contributed by atoms with Crippen molar-refractivity contribution in [2.75, 3.05) is 0 Å². The molecule has 0 fully saturated rings. The lowest BCUT2D eigenvalue weighted by molar-refractivity contribution is 0.129. The zero-order valence-corrected chi connectivity index (χ0v) is 11.0. The Morgan fingerprint density at radius 1 is 1.12 bits per heavy atom. The molecular weight excluding hydrogens is 294 g/mol. The second kappa shape index (κ2) is 4.24. The molecule has 1 unspecified atom stereocenters. The van der Waals surface area contributed by atoms with E-state index in [9.17, 15) is 5.11 Å². The molecule has 0 saturated heterocycles. The van der Waals surface area contributed by atoms with E-state index in [0.717, 1.165) is 0 Å². The number of nitrogens with zero attached hydrogens (tertiary/aromatic N) is 2. The third kappa shape index (κ3) is 1.67. The lowest BCUT2D eigenvalue weighted by Gasteiger charge is -2.10. The van der Waals surface area contributed by atoms with Gasteiger partial charge in [0, 0.05) is 0 Å². The zero-order chi connectivity index (χ0) is 12.0. The van der Waals surface area contributed by atoms with Crippen LogP contribution in [0.1, 0.15) is 13.2 Å². The molecule has 2 aromatic rings. The maximum atomic E-state index is 9.53. The average Bonchev–Trinajstić information content (AvgIpc) is 2.67. The Bertz CT molecular complexity index is 564. The quantitative estimate of drug-likeness (QED) is 0.634. The van der Waals surface area contributed by atoms with Crippen LogP contribution in [0.25, 0.3) is 11.0 Å². The summed E-state index contributed by atoms with van der Waals surface area (Å²) in [6.45, 7) is 1.58. The van der Waals surface area contributed by atoms with Crippen molar-refractivity contribution in [3.05, 3.63) is 26.4 Å². The molecule has 7 heteroatoms. The number of imidazole rings is 1. The topological polar surface area (TPSA) is 38.0 Å². The van der Waals surface area contributed by atoms with Crippen LogP contribution in [0.4, 0.5) is 0 Å². The number of aliphatic hydroxyl groups is 1. The number of aliphatic hydroxyl groups excluding tert-OH is 1. The van der Waals surface area contributed by atoms with Crippen LogP contribution in [0.5, 0.6) is 0 Å². The van der Waals surface area contributed by atoms with Gasteiger partial charge in [0.25, 0.3) is 0 Å². The molecule has 3 nitrogen and oxygen atoms in total. The van der Waals surface area contributed by atoms with Gasteiger partial charge in [0.1, 0.15) is 11.7 Å². The van der Waals surface area contributed by atoms with Crippen LogP contribution in [0.15, 0.2) is 6.33 Å². The molecular formula is C9H6Cl4N2O. The minimum Gasteiger partial charge on any atom is -0.374 e. The smallest absolute Gasteiger partial charge is 0.129 e. The van der Waals surface area contributed by atoms with Crippen LogP contribution in [-0.4, -0.2) is 14.7 Å². The van der Waals surface area contributed by atoms with Crippen molar-refractivity contribution in [2.24, 2.45) is 0 Å². The highest BCUT2D eigenvalue weighted by molar-refractivity contribution is 6.54. The van der Waals surface area contributed by atoms with Gasteiger partial charge < -0.3 is 9.67 Å². The summed E-state index contributed by atoms with van der Waals surface area (Å²) < 4.78 is 1.46. The number of fused-ring (bicyclic) bond motifs is 1. The number of hydrogen-bond acceptors (Lipinski definition) is 2. The summed E-state index contributed by atoms with van der Waals surface area (Å²) in [5.41, 5.74) is 0.887. The van der Waals surface area contributed by atoms with Crippen LogP contribution in [0.2, 0.25) is 20.1 Å². The molecule has 0 saturated carbocycles. The van der Waals surface area contributed by atoms with Crippen LogP contribution < -0.4 is 0 Å². The second-order valence-corrected chi connectivity index (χ2v) is 4.75. The molecule has 0 aliphatic carbocycles. The molecule has 16 heavy (non-hydrogen) atoms. The molecule has 0 radical (unpaired) electrons. The highest BCUT2D eigenvalue weighted by Gasteiger charge is 2.20. The van der Waals surface area contributed by atoms with Gasteiger partial charge in [-0.3, -0.25) is 0 Å². The van der Waals surface area contributed by atoms with Crippen LogP contribution >= 0.6 is 46.4 Å². The van der Waals surface area contributed by atoms with Crippen molar-refractivity contribution in [2.45, 2.75) is 13.2 Å². The van der Waals surface area contributed by atoms with E-state index in [1.165, 1.54) is 10.9 Å². The largest absolute Gasteiger partial charge is 0.374 e. The molecule has 86 valence electrons. The van der Waals surface area contributed by atoms with E-state index in [2.05, 4.69) is 4.98 Å². The average molecular weight is 300 g/mol. The highest BCUT2D eigenvalue weighted by atomic mass is 35.5.